The number of nitrogens with two attached hydrogens (primary N) is 2. The van der Waals surface area contributed by atoms with E-state index in [1.165, 1.54) is 11.1 Å². The summed E-state index contributed by atoms with van der Waals surface area (Å²) in [4.78, 5) is 13.0. The summed E-state index contributed by atoms with van der Waals surface area (Å²) in [6.45, 7) is 2.53. The number of hydrogen-bond acceptors (Lipinski definition) is 3. The van der Waals surface area contributed by atoms with Crippen molar-refractivity contribution in [1.82, 2.24) is 4.90 Å². The van der Waals surface area contributed by atoms with E-state index in [0.29, 0.717) is 6.42 Å². The summed E-state index contributed by atoms with van der Waals surface area (Å²) in [5.74, 6) is -0.244. The second kappa shape index (κ2) is 4.53. The molecular weight excluding hydrogens is 202 g/mol. The van der Waals surface area contributed by atoms with Crippen molar-refractivity contribution in [2.24, 2.45) is 5.73 Å². The molecule has 1 aliphatic rings. The number of amides is 1. The zero-order valence-electron chi connectivity index (χ0n) is 9.28. The minimum Gasteiger partial charge on any atom is -0.398 e. The van der Waals surface area contributed by atoms with Gasteiger partial charge in [-0.3, -0.25) is 9.69 Å². The van der Waals surface area contributed by atoms with Crippen LogP contribution < -0.4 is 11.5 Å². The standard InChI is InChI=1S/C12H17N3O/c13-11-3-1-2-9-4-6-15(8-10(9)11)7-5-12(14)16/h1-3H,4-8,13H2,(H2,14,16). The van der Waals surface area contributed by atoms with Crippen molar-refractivity contribution in [3.05, 3.63) is 29.3 Å². The number of carbonyl (C=O) groups excluding carboxylic acids is 1. The number of nitrogens with zero attached hydrogens (tertiary/aromatic N) is 1. The van der Waals surface area contributed by atoms with E-state index in [4.69, 9.17) is 11.5 Å². The molecule has 0 spiro atoms. The van der Waals surface area contributed by atoms with Crippen LogP contribution in [-0.4, -0.2) is 23.9 Å². The molecule has 16 heavy (non-hydrogen) atoms. The molecule has 0 atom stereocenters. The third-order valence-electron chi connectivity index (χ3n) is 3.06. The molecule has 1 aromatic carbocycles. The van der Waals surface area contributed by atoms with Crippen LogP contribution in [0.2, 0.25) is 0 Å². The highest BCUT2D eigenvalue weighted by atomic mass is 16.1. The van der Waals surface area contributed by atoms with E-state index in [-0.39, 0.29) is 5.91 Å². The zero-order valence-corrected chi connectivity index (χ0v) is 9.28. The molecule has 86 valence electrons. The maximum Gasteiger partial charge on any atom is 0.218 e. The second-order valence-corrected chi connectivity index (χ2v) is 4.23. The van der Waals surface area contributed by atoms with Gasteiger partial charge < -0.3 is 11.5 Å². The molecule has 1 aliphatic heterocycles. The second-order valence-electron chi connectivity index (χ2n) is 4.23. The molecule has 0 saturated heterocycles. The fourth-order valence-corrected chi connectivity index (χ4v) is 2.12. The summed E-state index contributed by atoms with van der Waals surface area (Å²) < 4.78 is 0. The molecule has 1 aromatic rings. The lowest BCUT2D eigenvalue weighted by Crippen LogP contribution is -2.33. The first kappa shape index (κ1) is 11.0. The fraction of sp³-hybridized carbons (Fsp3) is 0.417. The van der Waals surface area contributed by atoms with Gasteiger partial charge in [-0.05, 0) is 23.6 Å². The first-order chi connectivity index (χ1) is 7.66. The smallest absolute Gasteiger partial charge is 0.218 e. The number of carbonyl (C=O) groups is 1. The molecule has 0 saturated carbocycles. The molecule has 4 N–H and O–H groups in total. The third kappa shape index (κ3) is 2.33. The lowest BCUT2D eigenvalue weighted by atomic mass is 9.98. The summed E-state index contributed by atoms with van der Waals surface area (Å²) in [5.41, 5.74) is 14.5. The Balaban J connectivity index is 2.05. The number of nitrogen functional groups attached to an aromatic ring is 1. The largest absolute Gasteiger partial charge is 0.398 e. The highest BCUT2D eigenvalue weighted by Gasteiger charge is 2.17. The minimum atomic E-state index is -0.244. The highest BCUT2D eigenvalue weighted by molar-refractivity contribution is 5.73. The summed E-state index contributed by atoms with van der Waals surface area (Å²) in [6, 6.07) is 6.04. The maximum absolute atomic E-state index is 10.7. The van der Waals surface area contributed by atoms with E-state index in [1.807, 2.05) is 12.1 Å². The Labute approximate surface area is 95.2 Å². The lowest BCUT2D eigenvalue weighted by molar-refractivity contribution is -0.118. The van der Waals surface area contributed by atoms with E-state index < -0.39 is 0 Å². The Bertz CT molecular complexity index is 403. The molecule has 0 bridgehead atoms. The van der Waals surface area contributed by atoms with Crippen LogP contribution in [0.15, 0.2) is 18.2 Å². The molecule has 1 heterocycles. The Morgan fingerprint density at radius 1 is 1.44 bits per heavy atom. The molecule has 4 nitrogen and oxygen atoms in total. The summed E-state index contributed by atoms with van der Waals surface area (Å²) in [5, 5.41) is 0. The van der Waals surface area contributed by atoms with Crippen molar-refractivity contribution >= 4 is 11.6 Å². The zero-order chi connectivity index (χ0) is 11.5. The Hall–Kier alpha value is -1.55. The van der Waals surface area contributed by atoms with Gasteiger partial charge in [0.1, 0.15) is 0 Å². The molecular formula is C12H17N3O. The highest BCUT2D eigenvalue weighted by Crippen LogP contribution is 2.23. The van der Waals surface area contributed by atoms with E-state index in [2.05, 4.69) is 11.0 Å². The number of primary amides is 1. The first-order valence-electron chi connectivity index (χ1n) is 5.53. The Kier molecular flexibility index (Phi) is 3.10. The van der Waals surface area contributed by atoms with Crippen LogP contribution in [0, 0.1) is 0 Å². The van der Waals surface area contributed by atoms with Gasteiger partial charge in [0.15, 0.2) is 0 Å². The van der Waals surface area contributed by atoms with Crippen molar-refractivity contribution in [2.45, 2.75) is 19.4 Å². The quantitative estimate of drug-likeness (QED) is 0.727. The molecule has 0 aliphatic carbocycles. The number of rotatable bonds is 3. The summed E-state index contributed by atoms with van der Waals surface area (Å²) in [6.07, 6.45) is 1.42. The topological polar surface area (TPSA) is 72.4 Å². The maximum atomic E-state index is 10.7. The number of hydrogen-bond donors (Lipinski definition) is 2. The van der Waals surface area contributed by atoms with Crippen molar-refractivity contribution in [2.75, 3.05) is 18.8 Å². The summed E-state index contributed by atoms with van der Waals surface area (Å²) in [7, 11) is 0. The van der Waals surface area contributed by atoms with E-state index >= 15 is 0 Å². The molecule has 0 unspecified atom stereocenters. The normalized spacial score (nSPS) is 15.8. The number of benzene rings is 1. The average Bonchev–Trinajstić information content (AvgIpc) is 2.27. The van der Waals surface area contributed by atoms with E-state index in [0.717, 1.165) is 31.7 Å². The monoisotopic (exact) mass is 219 g/mol. The van der Waals surface area contributed by atoms with Gasteiger partial charge in [-0.2, -0.15) is 0 Å². The van der Waals surface area contributed by atoms with Gasteiger partial charge in [0.25, 0.3) is 0 Å². The van der Waals surface area contributed by atoms with Crippen LogP contribution >= 0.6 is 0 Å². The van der Waals surface area contributed by atoms with Gasteiger partial charge in [-0.25, -0.2) is 0 Å². The predicted molar refractivity (Wildman–Crippen MR) is 63.6 cm³/mol. The van der Waals surface area contributed by atoms with Crippen LogP contribution in [0.25, 0.3) is 0 Å². The van der Waals surface area contributed by atoms with Crippen LogP contribution in [-0.2, 0) is 17.8 Å². The van der Waals surface area contributed by atoms with Crippen LogP contribution in [0.3, 0.4) is 0 Å². The van der Waals surface area contributed by atoms with Crippen LogP contribution in [0.5, 0.6) is 0 Å². The molecule has 0 radical (unpaired) electrons. The van der Waals surface area contributed by atoms with Gasteiger partial charge in [-0.15, -0.1) is 0 Å². The lowest BCUT2D eigenvalue weighted by Gasteiger charge is -2.29. The minimum absolute atomic E-state index is 0.244. The van der Waals surface area contributed by atoms with Crippen LogP contribution in [0.4, 0.5) is 5.69 Å². The average molecular weight is 219 g/mol. The fourth-order valence-electron chi connectivity index (χ4n) is 2.12. The third-order valence-corrected chi connectivity index (χ3v) is 3.06. The molecule has 0 fully saturated rings. The first-order valence-corrected chi connectivity index (χ1v) is 5.53. The summed E-state index contributed by atoms with van der Waals surface area (Å²) >= 11 is 0. The number of anilines is 1. The molecule has 1 amide bonds. The Morgan fingerprint density at radius 2 is 2.25 bits per heavy atom. The molecule has 2 rings (SSSR count). The van der Waals surface area contributed by atoms with Crippen molar-refractivity contribution in [1.29, 1.82) is 0 Å². The Morgan fingerprint density at radius 3 is 3.00 bits per heavy atom. The van der Waals surface area contributed by atoms with Crippen molar-refractivity contribution < 1.29 is 4.79 Å². The van der Waals surface area contributed by atoms with E-state index in [9.17, 15) is 4.79 Å². The molecule has 4 heteroatoms. The predicted octanol–water partition coefficient (Wildman–Crippen LogP) is 0.502. The van der Waals surface area contributed by atoms with E-state index in [1.54, 1.807) is 0 Å². The molecule has 0 aromatic heterocycles. The van der Waals surface area contributed by atoms with Gasteiger partial charge in [0.2, 0.25) is 5.91 Å². The van der Waals surface area contributed by atoms with Gasteiger partial charge in [0, 0.05) is 31.7 Å². The SMILES string of the molecule is NC(=O)CCN1CCc2cccc(N)c2C1. The van der Waals surface area contributed by atoms with Gasteiger partial charge in [-0.1, -0.05) is 12.1 Å². The van der Waals surface area contributed by atoms with Crippen LogP contribution in [0.1, 0.15) is 17.5 Å². The number of fused-ring (bicyclic) bond motifs is 1. The van der Waals surface area contributed by atoms with Gasteiger partial charge in [0.05, 0.1) is 0 Å². The van der Waals surface area contributed by atoms with Crippen molar-refractivity contribution in [3.8, 4) is 0 Å². The van der Waals surface area contributed by atoms with Gasteiger partial charge >= 0.3 is 0 Å². The van der Waals surface area contributed by atoms with Crippen molar-refractivity contribution in [3.63, 3.8) is 0 Å².